The molecule has 0 amide bonds. The summed E-state index contributed by atoms with van der Waals surface area (Å²) in [4.78, 5) is 12.2. The molecule has 1 aromatic rings. The Labute approximate surface area is 82.3 Å². The molecule has 0 aliphatic heterocycles. The minimum Gasteiger partial charge on any atom is -0.364 e. The predicted octanol–water partition coefficient (Wildman–Crippen LogP) is -0.0292. The van der Waals surface area contributed by atoms with Gasteiger partial charge in [-0.15, -0.1) is 0 Å². The van der Waals surface area contributed by atoms with Crippen LogP contribution >= 0.6 is 0 Å². The van der Waals surface area contributed by atoms with E-state index in [1.54, 1.807) is 21.2 Å². The van der Waals surface area contributed by atoms with Gasteiger partial charge in [-0.3, -0.25) is 0 Å². The molecule has 7 heteroatoms. The number of hydrogen-bond acceptors (Lipinski definition) is 7. The second-order valence-electron chi connectivity index (χ2n) is 2.42. The van der Waals surface area contributed by atoms with Crippen LogP contribution in [0.1, 0.15) is 0 Å². The Balaban J connectivity index is 2.81. The first kappa shape index (κ1) is 10.5. The smallest absolute Gasteiger partial charge is 0.231 e. The van der Waals surface area contributed by atoms with Crippen molar-refractivity contribution in [3.63, 3.8) is 0 Å². The molecule has 0 spiro atoms. The Morgan fingerprint density at radius 2 is 1.50 bits per heavy atom. The summed E-state index contributed by atoms with van der Waals surface area (Å²) in [5.74, 6) is 1.47. The number of nitrogens with zero attached hydrogens (tertiary/aromatic N) is 3. The highest BCUT2D eigenvalue weighted by Gasteiger charge is 2.02. The van der Waals surface area contributed by atoms with Gasteiger partial charge in [-0.25, -0.2) is 0 Å². The highest BCUT2D eigenvalue weighted by atomic mass is 16.5. The molecule has 14 heavy (non-hydrogen) atoms. The third-order valence-corrected chi connectivity index (χ3v) is 1.46. The van der Waals surface area contributed by atoms with Crippen LogP contribution in [-0.2, 0) is 4.74 Å². The van der Waals surface area contributed by atoms with Crippen molar-refractivity contribution in [1.29, 1.82) is 0 Å². The zero-order valence-corrected chi connectivity index (χ0v) is 8.46. The Bertz CT molecular complexity index is 269. The van der Waals surface area contributed by atoms with Gasteiger partial charge in [0, 0.05) is 21.2 Å². The standard InChI is InChI=1S/C7H14N6O/c1-8-5-11-6(9-2)13-7(12-5)10-4-14-3/h4H2,1-3H3,(H3,8,9,10,11,12,13). The fourth-order valence-corrected chi connectivity index (χ4v) is 0.815. The van der Waals surface area contributed by atoms with E-state index < -0.39 is 0 Å². The van der Waals surface area contributed by atoms with Crippen LogP contribution in [0.5, 0.6) is 0 Å². The van der Waals surface area contributed by atoms with Crippen molar-refractivity contribution in [3.05, 3.63) is 0 Å². The summed E-state index contributed by atoms with van der Waals surface area (Å²) < 4.78 is 4.84. The van der Waals surface area contributed by atoms with Crippen molar-refractivity contribution in [2.75, 3.05) is 43.9 Å². The van der Waals surface area contributed by atoms with Crippen molar-refractivity contribution < 1.29 is 4.74 Å². The maximum Gasteiger partial charge on any atom is 0.231 e. The monoisotopic (exact) mass is 198 g/mol. The maximum absolute atomic E-state index is 4.84. The lowest BCUT2D eigenvalue weighted by molar-refractivity contribution is 0.220. The van der Waals surface area contributed by atoms with Gasteiger partial charge in [-0.05, 0) is 0 Å². The van der Waals surface area contributed by atoms with Gasteiger partial charge < -0.3 is 20.7 Å². The number of anilines is 3. The van der Waals surface area contributed by atoms with Crippen molar-refractivity contribution in [3.8, 4) is 0 Å². The first-order chi connectivity index (χ1) is 6.80. The average molecular weight is 198 g/mol. The molecule has 0 saturated heterocycles. The summed E-state index contributed by atoms with van der Waals surface area (Å²) in [7, 11) is 5.08. The van der Waals surface area contributed by atoms with Gasteiger partial charge in [0.1, 0.15) is 6.73 Å². The van der Waals surface area contributed by atoms with Crippen molar-refractivity contribution in [2.45, 2.75) is 0 Å². The Morgan fingerprint density at radius 3 is 1.93 bits per heavy atom. The van der Waals surface area contributed by atoms with Crippen molar-refractivity contribution in [1.82, 2.24) is 15.0 Å². The molecule has 0 fully saturated rings. The van der Waals surface area contributed by atoms with Crippen LogP contribution in [0.2, 0.25) is 0 Å². The minimum absolute atomic E-state index is 0.357. The second-order valence-corrected chi connectivity index (χ2v) is 2.42. The first-order valence-corrected chi connectivity index (χ1v) is 4.14. The molecular formula is C7H14N6O. The fourth-order valence-electron chi connectivity index (χ4n) is 0.815. The van der Waals surface area contributed by atoms with E-state index in [2.05, 4.69) is 30.9 Å². The number of nitrogens with one attached hydrogen (secondary N) is 3. The lowest BCUT2D eigenvalue weighted by Gasteiger charge is -2.06. The third-order valence-electron chi connectivity index (χ3n) is 1.46. The van der Waals surface area contributed by atoms with Crippen molar-refractivity contribution in [2.24, 2.45) is 0 Å². The van der Waals surface area contributed by atoms with Crippen LogP contribution in [-0.4, -0.2) is 42.9 Å². The highest BCUT2D eigenvalue weighted by molar-refractivity contribution is 5.41. The van der Waals surface area contributed by atoms with Gasteiger partial charge in [0.25, 0.3) is 0 Å². The lowest BCUT2D eigenvalue weighted by Crippen LogP contribution is -2.11. The highest BCUT2D eigenvalue weighted by Crippen LogP contribution is 2.07. The minimum atomic E-state index is 0.357. The molecule has 0 saturated carbocycles. The topological polar surface area (TPSA) is 84.0 Å². The van der Waals surface area contributed by atoms with E-state index >= 15 is 0 Å². The summed E-state index contributed by atoms with van der Waals surface area (Å²) >= 11 is 0. The van der Waals surface area contributed by atoms with E-state index in [-0.39, 0.29) is 0 Å². The Morgan fingerprint density at radius 1 is 1.00 bits per heavy atom. The molecule has 0 atom stereocenters. The number of aromatic nitrogens is 3. The zero-order chi connectivity index (χ0) is 10.4. The molecule has 7 nitrogen and oxygen atoms in total. The quantitative estimate of drug-likeness (QED) is 0.573. The Hall–Kier alpha value is -1.63. The SMILES string of the molecule is CNc1nc(NC)nc(NCOC)n1. The van der Waals surface area contributed by atoms with Gasteiger partial charge in [0.15, 0.2) is 0 Å². The molecule has 0 radical (unpaired) electrons. The van der Waals surface area contributed by atoms with Crippen LogP contribution < -0.4 is 16.0 Å². The summed E-state index contributed by atoms with van der Waals surface area (Å²) in [6, 6.07) is 0. The van der Waals surface area contributed by atoms with Crippen molar-refractivity contribution >= 4 is 17.8 Å². The van der Waals surface area contributed by atoms with Gasteiger partial charge in [-0.1, -0.05) is 0 Å². The van der Waals surface area contributed by atoms with Crippen LogP contribution in [0.3, 0.4) is 0 Å². The number of rotatable bonds is 5. The largest absolute Gasteiger partial charge is 0.364 e. The lowest BCUT2D eigenvalue weighted by atomic mass is 10.8. The van der Waals surface area contributed by atoms with Gasteiger partial charge in [0.05, 0.1) is 0 Å². The van der Waals surface area contributed by atoms with E-state index in [4.69, 9.17) is 4.74 Å². The molecule has 1 heterocycles. The molecule has 0 aliphatic carbocycles. The summed E-state index contributed by atoms with van der Waals surface area (Å²) in [5.41, 5.74) is 0. The van der Waals surface area contributed by atoms with Gasteiger partial charge in [0.2, 0.25) is 17.8 Å². The predicted molar refractivity (Wildman–Crippen MR) is 54.4 cm³/mol. The first-order valence-electron chi connectivity index (χ1n) is 4.14. The molecule has 1 rings (SSSR count). The van der Waals surface area contributed by atoms with Crippen LogP contribution in [0, 0.1) is 0 Å². The van der Waals surface area contributed by atoms with E-state index in [0.29, 0.717) is 24.6 Å². The molecule has 0 unspecified atom stereocenters. The Kier molecular flexibility index (Phi) is 3.86. The average Bonchev–Trinajstić information content (AvgIpc) is 2.25. The van der Waals surface area contributed by atoms with E-state index in [1.165, 1.54) is 0 Å². The zero-order valence-electron chi connectivity index (χ0n) is 8.46. The van der Waals surface area contributed by atoms with Gasteiger partial charge >= 0.3 is 0 Å². The number of hydrogen-bond donors (Lipinski definition) is 3. The van der Waals surface area contributed by atoms with Crippen LogP contribution in [0.15, 0.2) is 0 Å². The molecule has 1 aromatic heterocycles. The van der Waals surface area contributed by atoms with Gasteiger partial charge in [-0.2, -0.15) is 15.0 Å². The summed E-state index contributed by atoms with van der Waals surface area (Å²) in [6.45, 7) is 0.357. The van der Waals surface area contributed by atoms with E-state index in [0.717, 1.165) is 0 Å². The van der Waals surface area contributed by atoms with Crippen LogP contribution in [0.25, 0.3) is 0 Å². The molecule has 0 aromatic carbocycles. The molecule has 78 valence electrons. The molecule has 0 aliphatic rings. The number of methoxy groups -OCH3 is 1. The fraction of sp³-hybridized carbons (Fsp3) is 0.571. The van der Waals surface area contributed by atoms with E-state index in [9.17, 15) is 0 Å². The maximum atomic E-state index is 4.84. The summed E-state index contributed by atoms with van der Waals surface area (Å²) in [5, 5.41) is 8.55. The molecular weight excluding hydrogens is 184 g/mol. The number of ether oxygens (including phenoxy) is 1. The summed E-state index contributed by atoms with van der Waals surface area (Å²) in [6.07, 6.45) is 0. The van der Waals surface area contributed by atoms with E-state index in [1.807, 2.05) is 0 Å². The molecule has 0 bridgehead atoms. The third kappa shape index (κ3) is 2.70. The molecule has 3 N–H and O–H groups in total. The second kappa shape index (κ2) is 5.18. The van der Waals surface area contributed by atoms with Crippen LogP contribution in [0.4, 0.5) is 17.8 Å². The normalized spacial score (nSPS) is 9.64.